The first-order valence-electron chi connectivity index (χ1n) is 4.24. The van der Waals surface area contributed by atoms with Gasteiger partial charge in [0.1, 0.15) is 5.75 Å². The number of carboxylic acids is 1. The molecule has 0 heterocycles. The van der Waals surface area contributed by atoms with Gasteiger partial charge in [-0.2, -0.15) is 0 Å². The van der Waals surface area contributed by atoms with Crippen LogP contribution in [0.15, 0.2) is 18.2 Å². The number of rotatable bonds is 4. The van der Waals surface area contributed by atoms with Crippen molar-refractivity contribution in [2.75, 3.05) is 14.2 Å². The largest absolute Gasteiger partial charge is 0.496 e. The monoisotopic (exact) mass is 195 g/mol. The molecule has 1 aromatic rings. The van der Waals surface area contributed by atoms with E-state index >= 15 is 0 Å². The quantitative estimate of drug-likeness (QED) is 0.755. The number of hydrogen-bond acceptors (Lipinski definition) is 3. The zero-order valence-corrected chi connectivity index (χ0v) is 8.20. The molecule has 4 nitrogen and oxygen atoms in total. The highest BCUT2D eigenvalue weighted by Crippen LogP contribution is 2.19. The summed E-state index contributed by atoms with van der Waals surface area (Å²) in [5, 5.41) is 11.7. The van der Waals surface area contributed by atoms with Crippen molar-refractivity contribution in [1.82, 2.24) is 5.32 Å². The standard InChI is InChI=1S/C10H13NO3/c1-11-6-8-5-7(10(12)13)3-4-9(8)14-2/h3-5,11H,6H2,1-2H3,(H,12,13). The van der Waals surface area contributed by atoms with E-state index in [0.29, 0.717) is 12.3 Å². The fourth-order valence-corrected chi connectivity index (χ4v) is 1.24. The van der Waals surface area contributed by atoms with E-state index in [9.17, 15) is 4.79 Å². The number of carboxylic acid groups (broad SMARTS) is 1. The summed E-state index contributed by atoms with van der Waals surface area (Å²) in [6.45, 7) is 0.588. The molecule has 76 valence electrons. The molecule has 14 heavy (non-hydrogen) atoms. The minimum atomic E-state index is -0.926. The van der Waals surface area contributed by atoms with Crippen LogP contribution in [-0.4, -0.2) is 25.2 Å². The van der Waals surface area contributed by atoms with Gasteiger partial charge in [-0.15, -0.1) is 0 Å². The van der Waals surface area contributed by atoms with Crippen molar-refractivity contribution in [3.8, 4) is 5.75 Å². The van der Waals surface area contributed by atoms with E-state index in [1.165, 1.54) is 6.07 Å². The average Bonchev–Trinajstić information content (AvgIpc) is 2.18. The third-order valence-corrected chi connectivity index (χ3v) is 1.89. The van der Waals surface area contributed by atoms with Gasteiger partial charge in [0.25, 0.3) is 0 Å². The molecule has 0 aliphatic rings. The third-order valence-electron chi connectivity index (χ3n) is 1.89. The molecular formula is C10H13NO3. The predicted molar refractivity (Wildman–Crippen MR) is 52.7 cm³/mol. The Bertz CT molecular complexity index is 336. The van der Waals surface area contributed by atoms with E-state index in [1.807, 2.05) is 0 Å². The van der Waals surface area contributed by atoms with Crippen LogP contribution in [0.3, 0.4) is 0 Å². The highest BCUT2D eigenvalue weighted by atomic mass is 16.5. The molecule has 0 aliphatic heterocycles. The maximum Gasteiger partial charge on any atom is 0.335 e. The van der Waals surface area contributed by atoms with Crippen molar-refractivity contribution < 1.29 is 14.6 Å². The molecule has 0 radical (unpaired) electrons. The lowest BCUT2D eigenvalue weighted by Gasteiger charge is -2.08. The van der Waals surface area contributed by atoms with Crippen LogP contribution >= 0.6 is 0 Å². The van der Waals surface area contributed by atoms with Gasteiger partial charge < -0.3 is 15.2 Å². The second kappa shape index (κ2) is 4.62. The molecule has 0 aromatic heterocycles. The van der Waals surface area contributed by atoms with Crippen LogP contribution in [-0.2, 0) is 6.54 Å². The fraction of sp³-hybridized carbons (Fsp3) is 0.300. The van der Waals surface area contributed by atoms with E-state index in [-0.39, 0.29) is 5.56 Å². The van der Waals surface area contributed by atoms with Crippen LogP contribution in [0.25, 0.3) is 0 Å². The predicted octanol–water partition coefficient (Wildman–Crippen LogP) is 1.11. The Morgan fingerprint density at radius 3 is 2.79 bits per heavy atom. The molecule has 0 bridgehead atoms. The van der Waals surface area contributed by atoms with Gasteiger partial charge in [-0.1, -0.05) is 0 Å². The highest BCUT2D eigenvalue weighted by Gasteiger charge is 2.07. The lowest BCUT2D eigenvalue weighted by molar-refractivity contribution is 0.0696. The van der Waals surface area contributed by atoms with Crippen molar-refractivity contribution in [1.29, 1.82) is 0 Å². The summed E-state index contributed by atoms with van der Waals surface area (Å²) >= 11 is 0. The molecule has 1 aromatic carbocycles. The van der Waals surface area contributed by atoms with Gasteiger partial charge in [-0.05, 0) is 25.2 Å². The minimum Gasteiger partial charge on any atom is -0.496 e. The highest BCUT2D eigenvalue weighted by molar-refractivity contribution is 5.88. The van der Waals surface area contributed by atoms with E-state index in [0.717, 1.165) is 5.56 Å². The van der Waals surface area contributed by atoms with Crippen molar-refractivity contribution in [3.63, 3.8) is 0 Å². The molecule has 0 aliphatic carbocycles. The van der Waals surface area contributed by atoms with Gasteiger partial charge in [-0.3, -0.25) is 0 Å². The lowest BCUT2D eigenvalue weighted by atomic mass is 10.1. The summed E-state index contributed by atoms with van der Waals surface area (Å²) < 4.78 is 5.10. The molecule has 2 N–H and O–H groups in total. The molecule has 0 amide bonds. The number of ether oxygens (including phenoxy) is 1. The van der Waals surface area contributed by atoms with Crippen molar-refractivity contribution in [2.45, 2.75) is 6.54 Å². The Morgan fingerprint density at radius 1 is 1.57 bits per heavy atom. The summed E-state index contributed by atoms with van der Waals surface area (Å²) in [5.74, 6) is -0.227. The summed E-state index contributed by atoms with van der Waals surface area (Å²) in [6, 6.07) is 4.80. The third kappa shape index (κ3) is 2.23. The smallest absolute Gasteiger partial charge is 0.335 e. The molecule has 0 fully saturated rings. The summed E-state index contributed by atoms with van der Waals surface area (Å²) in [5.41, 5.74) is 1.12. The first-order valence-corrected chi connectivity index (χ1v) is 4.24. The molecule has 0 atom stereocenters. The SMILES string of the molecule is CNCc1cc(C(=O)O)ccc1OC. The minimum absolute atomic E-state index is 0.274. The molecule has 0 unspecified atom stereocenters. The Morgan fingerprint density at radius 2 is 2.29 bits per heavy atom. The maximum absolute atomic E-state index is 10.7. The van der Waals surface area contributed by atoms with Crippen LogP contribution in [0.2, 0.25) is 0 Å². The number of aromatic carboxylic acids is 1. The number of carbonyl (C=O) groups is 1. The van der Waals surface area contributed by atoms with E-state index in [1.54, 1.807) is 26.3 Å². The Kier molecular flexibility index (Phi) is 3.48. The number of hydrogen-bond donors (Lipinski definition) is 2. The van der Waals surface area contributed by atoms with Gasteiger partial charge in [0.15, 0.2) is 0 Å². The van der Waals surface area contributed by atoms with Crippen LogP contribution in [0.4, 0.5) is 0 Å². The van der Waals surface area contributed by atoms with Crippen molar-refractivity contribution >= 4 is 5.97 Å². The lowest BCUT2D eigenvalue weighted by Crippen LogP contribution is -2.08. The second-order valence-corrected chi connectivity index (χ2v) is 2.86. The van der Waals surface area contributed by atoms with Crippen LogP contribution in [0.5, 0.6) is 5.75 Å². The Labute approximate surface area is 82.5 Å². The molecule has 0 saturated carbocycles. The number of methoxy groups -OCH3 is 1. The molecule has 0 spiro atoms. The van der Waals surface area contributed by atoms with Crippen molar-refractivity contribution in [3.05, 3.63) is 29.3 Å². The first kappa shape index (κ1) is 10.5. The first-order chi connectivity index (χ1) is 6.69. The number of benzene rings is 1. The molecule has 0 saturated heterocycles. The van der Waals surface area contributed by atoms with Gasteiger partial charge in [0, 0.05) is 12.1 Å². The topological polar surface area (TPSA) is 58.6 Å². The fourth-order valence-electron chi connectivity index (χ4n) is 1.24. The Balaban J connectivity index is 3.07. The van der Waals surface area contributed by atoms with Gasteiger partial charge in [0.2, 0.25) is 0 Å². The van der Waals surface area contributed by atoms with Gasteiger partial charge in [-0.25, -0.2) is 4.79 Å². The van der Waals surface area contributed by atoms with Crippen LogP contribution in [0, 0.1) is 0 Å². The zero-order chi connectivity index (χ0) is 10.6. The van der Waals surface area contributed by atoms with Gasteiger partial charge >= 0.3 is 5.97 Å². The van der Waals surface area contributed by atoms with Gasteiger partial charge in [0.05, 0.1) is 12.7 Å². The average molecular weight is 195 g/mol. The van der Waals surface area contributed by atoms with E-state index in [2.05, 4.69) is 5.32 Å². The normalized spacial score (nSPS) is 9.86. The van der Waals surface area contributed by atoms with Crippen LogP contribution < -0.4 is 10.1 Å². The summed E-state index contributed by atoms with van der Waals surface area (Å²) in [6.07, 6.45) is 0. The van der Waals surface area contributed by atoms with Crippen molar-refractivity contribution in [2.24, 2.45) is 0 Å². The molecule has 1 rings (SSSR count). The summed E-state index contributed by atoms with van der Waals surface area (Å²) in [7, 11) is 3.36. The zero-order valence-electron chi connectivity index (χ0n) is 8.20. The Hall–Kier alpha value is -1.55. The van der Waals surface area contributed by atoms with E-state index < -0.39 is 5.97 Å². The maximum atomic E-state index is 10.7. The number of nitrogens with one attached hydrogen (secondary N) is 1. The molecular weight excluding hydrogens is 182 g/mol. The second-order valence-electron chi connectivity index (χ2n) is 2.86. The van der Waals surface area contributed by atoms with E-state index in [4.69, 9.17) is 9.84 Å². The molecule has 4 heteroatoms. The van der Waals surface area contributed by atoms with Crippen LogP contribution in [0.1, 0.15) is 15.9 Å². The summed E-state index contributed by atoms with van der Waals surface area (Å²) in [4.78, 5) is 10.7.